The second-order valence-corrected chi connectivity index (χ2v) is 14.1. The van der Waals surface area contributed by atoms with Gasteiger partial charge in [-0.1, -0.05) is 41.5 Å². The van der Waals surface area contributed by atoms with Crippen LogP contribution in [0.5, 0.6) is 0 Å². The van der Waals surface area contributed by atoms with Gasteiger partial charge in [-0.3, -0.25) is 24.0 Å². The molecule has 0 bridgehead atoms. The van der Waals surface area contributed by atoms with Crippen LogP contribution < -0.4 is 0 Å². The van der Waals surface area contributed by atoms with E-state index in [1.807, 2.05) is 6.92 Å². The van der Waals surface area contributed by atoms with Crippen molar-refractivity contribution in [3.63, 3.8) is 0 Å². The van der Waals surface area contributed by atoms with Crippen LogP contribution in [0.15, 0.2) is 11.1 Å². The first-order valence-corrected chi connectivity index (χ1v) is 13.9. The maximum atomic E-state index is 14.1. The fraction of sp³-hybridized carbons (Fsp3) is 0.767. The van der Waals surface area contributed by atoms with Crippen LogP contribution in [-0.2, 0) is 24.0 Å². The van der Waals surface area contributed by atoms with E-state index in [2.05, 4.69) is 0 Å². The van der Waals surface area contributed by atoms with Crippen molar-refractivity contribution in [3.05, 3.63) is 11.1 Å². The Balaban J connectivity index is 1.84. The summed E-state index contributed by atoms with van der Waals surface area (Å²) in [7, 11) is 0. The van der Waals surface area contributed by atoms with E-state index in [0.717, 1.165) is 0 Å². The minimum atomic E-state index is -1.80. The number of hydrogen-bond donors (Lipinski definition) is 4. The zero-order chi connectivity index (χ0) is 29.7. The molecule has 0 saturated heterocycles. The molecule has 216 valence electrons. The lowest BCUT2D eigenvalue weighted by molar-refractivity contribution is -0.168. The zero-order valence-electron chi connectivity index (χ0n) is 24.0. The Morgan fingerprint density at radius 1 is 1.05 bits per heavy atom. The van der Waals surface area contributed by atoms with Crippen LogP contribution in [0.3, 0.4) is 0 Å². The molecule has 0 radical (unpaired) electrons. The largest absolute Gasteiger partial charge is 0.481 e. The Hall–Kier alpha value is -2.23. The number of Topliss-reactive ketones (excluding diaryl/α,β-unsaturated/α-hetero) is 4. The second-order valence-electron chi connectivity index (χ2n) is 14.1. The number of aliphatic carboxylic acids is 1. The van der Waals surface area contributed by atoms with E-state index in [-0.39, 0.29) is 48.4 Å². The van der Waals surface area contributed by atoms with Crippen LogP contribution in [0.4, 0.5) is 0 Å². The van der Waals surface area contributed by atoms with E-state index in [1.54, 1.807) is 27.7 Å². The molecule has 1 unspecified atom stereocenters. The van der Waals surface area contributed by atoms with E-state index in [9.17, 15) is 44.4 Å². The molecule has 0 aliphatic heterocycles. The second kappa shape index (κ2) is 8.88. The van der Waals surface area contributed by atoms with Gasteiger partial charge in [0.2, 0.25) is 0 Å². The van der Waals surface area contributed by atoms with E-state index in [0.29, 0.717) is 6.42 Å². The lowest BCUT2D eigenvalue weighted by Crippen LogP contribution is -2.65. The number of aliphatic hydroxyl groups excluding tert-OH is 2. The molecule has 2 fully saturated rings. The molecule has 0 aromatic rings. The molecule has 9 heteroatoms. The molecule has 0 spiro atoms. The summed E-state index contributed by atoms with van der Waals surface area (Å²) in [6, 6.07) is 0. The van der Waals surface area contributed by atoms with Gasteiger partial charge in [-0.2, -0.15) is 0 Å². The Labute approximate surface area is 229 Å². The number of carbonyl (C=O) groups excluding carboxylic acids is 4. The third-order valence-corrected chi connectivity index (χ3v) is 11.5. The van der Waals surface area contributed by atoms with Gasteiger partial charge in [-0.25, -0.2) is 0 Å². The highest BCUT2D eigenvalue weighted by Gasteiger charge is 2.74. The Morgan fingerprint density at radius 2 is 1.64 bits per heavy atom. The molecule has 0 amide bonds. The van der Waals surface area contributed by atoms with Crippen molar-refractivity contribution in [2.45, 2.75) is 105 Å². The van der Waals surface area contributed by atoms with Crippen LogP contribution >= 0.6 is 0 Å². The van der Waals surface area contributed by atoms with Crippen LogP contribution in [0.1, 0.15) is 87.0 Å². The number of aliphatic hydroxyl groups is 3. The van der Waals surface area contributed by atoms with Gasteiger partial charge in [0.25, 0.3) is 0 Å². The minimum Gasteiger partial charge on any atom is -0.481 e. The fourth-order valence-electron chi connectivity index (χ4n) is 8.97. The first kappa shape index (κ1) is 29.7. The van der Waals surface area contributed by atoms with Gasteiger partial charge < -0.3 is 20.4 Å². The lowest BCUT2D eigenvalue weighted by atomic mass is 9.42. The summed E-state index contributed by atoms with van der Waals surface area (Å²) in [5, 5.41) is 44.1. The predicted octanol–water partition coefficient (Wildman–Crippen LogP) is 2.43. The lowest BCUT2D eigenvalue weighted by Gasteiger charge is -2.60. The van der Waals surface area contributed by atoms with Crippen molar-refractivity contribution < 1.29 is 44.4 Å². The normalized spacial score (nSPS) is 41.8. The highest BCUT2D eigenvalue weighted by atomic mass is 16.4. The molecule has 4 aliphatic carbocycles. The molecule has 4 rings (SSSR count). The van der Waals surface area contributed by atoms with Crippen molar-refractivity contribution in [3.8, 4) is 0 Å². The highest BCUT2D eigenvalue weighted by molar-refractivity contribution is 6.13. The van der Waals surface area contributed by atoms with E-state index in [4.69, 9.17) is 0 Å². The molecule has 0 heterocycles. The van der Waals surface area contributed by atoms with Crippen molar-refractivity contribution in [1.29, 1.82) is 0 Å². The topological polar surface area (TPSA) is 166 Å². The summed E-state index contributed by atoms with van der Waals surface area (Å²) >= 11 is 0. The number of carboxylic acid groups (broad SMARTS) is 1. The molecular weight excluding hydrogens is 504 g/mol. The number of hydrogen-bond acceptors (Lipinski definition) is 8. The van der Waals surface area contributed by atoms with Crippen molar-refractivity contribution in [1.82, 2.24) is 0 Å². The first-order valence-electron chi connectivity index (χ1n) is 13.9. The summed E-state index contributed by atoms with van der Waals surface area (Å²) in [6.45, 7) is 11.5. The van der Waals surface area contributed by atoms with Gasteiger partial charge in [0.15, 0.2) is 11.6 Å². The van der Waals surface area contributed by atoms with Gasteiger partial charge in [-0.15, -0.1) is 0 Å². The summed E-state index contributed by atoms with van der Waals surface area (Å²) < 4.78 is 0. The van der Waals surface area contributed by atoms with Gasteiger partial charge in [0.1, 0.15) is 17.7 Å². The number of carboxylic acids is 1. The Kier molecular flexibility index (Phi) is 6.78. The van der Waals surface area contributed by atoms with Gasteiger partial charge in [-0.05, 0) is 31.6 Å². The number of carbonyl (C=O) groups is 5. The van der Waals surface area contributed by atoms with E-state index in [1.165, 1.54) is 13.8 Å². The molecule has 2 saturated carbocycles. The quantitative estimate of drug-likeness (QED) is 0.391. The Morgan fingerprint density at radius 3 is 2.21 bits per heavy atom. The standard InChI is InChI=1S/C30H42O9/c1-14(25(37)38)10-15(31)13-28(5,39)18-12-20(34)30(7)21-16(32)11-17-26(2,3)19(33)8-9-27(17,4)22(21)23(35)24(36)29(18,30)6/h14,17-18,20,24,34,36,39H,8-13H2,1-7H3,(H,37,38)/t14?,17-,18+,20-,24+,27-,28-,29-,30-/m0/s1. The first-order chi connectivity index (χ1) is 17.7. The van der Waals surface area contributed by atoms with Crippen LogP contribution in [-0.4, -0.2) is 67.3 Å². The maximum absolute atomic E-state index is 14.1. The number of ketones is 4. The summed E-state index contributed by atoms with van der Waals surface area (Å²) in [5.41, 5.74) is -6.02. The van der Waals surface area contributed by atoms with Gasteiger partial charge in [0.05, 0.1) is 17.6 Å². The maximum Gasteiger partial charge on any atom is 0.306 e. The third kappa shape index (κ3) is 3.79. The molecule has 9 atom stereocenters. The van der Waals surface area contributed by atoms with Crippen molar-refractivity contribution in [2.24, 2.45) is 39.4 Å². The SMILES string of the molecule is CC(CC(=O)C[C@](C)(O)[C@H]1C[C@H](O)[C@@]2(C)C3=C(C(=O)[C@@H](O)[C@]12C)[C@@]1(C)CCC(=O)C(C)(C)[C@@H]1CC3=O)C(=O)O. The van der Waals surface area contributed by atoms with E-state index < -0.39 is 81.2 Å². The molecule has 9 nitrogen and oxygen atoms in total. The number of fused-ring (bicyclic) bond motifs is 4. The smallest absolute Gasteiger partial charge is 0.306 e. The molecule has 0 aromatic heterocycles. The molecule has 0 aromatic carbocycles. The van der Waals surface area contributed by atoms with Crippen molar-refractivity contribution in [2.75, 3.05) is 0 Å². The van der Waals surface area contributed by atoms with Gasteiger partial charge >= 0.3 is 5.97 Å². The third-order valence-electron chi connectivity index (χ3n) is 11.5. The molecule has 4 aliphatic rings. The van der Waals surface area contributed by atoms with Gasteiger partial charge in [0, 0.05) is 58.5 Å². The summed E-state index contributed by atoms with van der Waals surface area (Å²) in [5.74, 6) is -4.90. The predicted molar refractivity (Wildman–Crippen MR) is 139 cm³/mol. The molecule has 39 heavy (non-hydrogen) atoms. The van der Waals surface area contributed by atoms with Crippen LogP contribution in [0.2, 0.25) is 0 Å². The average molecular weight is 547 g/mol. The average Bonchev–Trinajstić information content (AvgIpc) is 3.04. The molecule has 4 N–H and O–H groups in total. The molecular formula is C30H42O9. The Bertz CT molecular complexity index is 1190. The monoisotopic (exact) mass is 546 g/mol. The summed E-state index contributed by atoms with van der Waals surface area (Å²) in [4.78, 5) is 64.9. The number of rotatable bonds is 6. The van der Waals surface area contributed by atoms with E-state index >= 15 is 0 Å². The zero-order valence-corrected chi connectivity index (χ0v) is 24.0. The fourth-order valence-corrected chi connectivity index (χ4v) is 8.97. The summed E-state index contributed by atoms with van der Waals surface area (Å²) in [6.07, 6.45) is -3.05. The van der Waals surface area contributed by atoms with Crippen LogP contribution in [0, 0.1) is 39.4 Å². The van der Waals surface area contributed by atoms with Crippen molar-refractivity contribution >= 4 is 29.1 Å². The van der Waals surface area contributed by atoms with Crippen LogP contribution in [0.25, 0.3) is 0 Å². The highest BCUT2D eigenvalue weighted by Crippen LogP contribution is 2.71. The minimum absolute atomic E-state index is 0.0283.